The highest BCUT2D eigenvalue weighted by Gasteiger charge is 2.42. The molecule has 0 bridgehead atoms. The predicted molar refractivity (Wildman–Crippen MR) is 172 cm³/mol. The van der Waals surface area contributed by atoms with Crippen molar-refractivity contribution >= 4 is 46.1 Å². The number of carbonyl (C=O) groups is 2. The summed E-state index contributed by atoms with van der Waals surface area (Å²) in [7, 11) is 2.71. The summed E-state index contributed by atoms with van der Waals surface area (Å²) < 4.78 is 18.5. The summed E-state index contributed by atoms with van der Waals surface area (Å²) in [5.41, 5.74) is 0.172. The second-order valence-corrected chi connectivity index (χ2v) is 11.4. The Balaban J connectivity index is 1.63. The molecule has 1 aliphatic heterocycles. The maximum absolute atomic E-state index is 13.5. The Morgan fingerprint density at radius 1 is 1.00 bits per heavy atom. The highest BCUT2D eigenvalue weighted by atomic mass is 32.1. The lowest BCUT2D eigenvalue weighted by Gasteiger charge is -2.26. The number of aromatic carboxylic acids is 1. The highest BCUT2D eigenvalue weighted by Crippen LogP contribution is 2.46. The Kier molecular flexibility index (Phi) is 8.38. The van der Waals surface area contributed by atoms with Crippen LogP contribution in [0.5, 0.6) is 11.5 Å². The molecule has 1 amide bonds. The number of nitrogens with zero attached hydrogens (tertiary/aromatic N) is 5. The van der Waals surface area contributed by atoms with Gasteiger partial charge in [0.1, 0.15) is 40.4 Å². The van der Waals surface area contributed by atoms with Crippen molar-refractivity contribution in [2.75, 3.05) is 19.5 Å². The number of aromatic nitrogens is 1. The number of anilines is 1. The normalized spacial score (nSPS) is 15.5. The maximum atomic E-state index is 13.5. The SMILES string of the molecule is COc1ccc([N+](=O)[O-])cc1N=c1sc2c(n1-c1cc([N+](=O)[O-])ccc1OC)NC(=O)C(C#N)C2c1ccc(-c2ccc(C(=O)O)cc2)o1. The topological polar surface area (TPSA) is 225 Å². The number of nitrogens with one attached hydrogen (secondary N) is 1. The minimum Gasteiger partial charge on any atom is -0.495 e. The molecule has 0 fully saturated rings. The van der Waals surface area contributed by atoms with Crippen molar-refractivity contribution in [2.45, 2.75) is 5.92 Å². The van der Waals surface area contributed by atoms with Crippen molar-refractivity contribution in [1.29, 1.82) is 5.26 Å². The quantitative estimate of drug-likeness (QED) is 0.140. The van der Waals surface area contributed by atoms with E-state index >= 15 is 0 Å². The Hall–Kier alpha value is -6.80. The fourth-order valence-electron chi connectivity index (χ4n) is 5.35. The number of carboxylic acid groups (broad SMARTS) is 1. The third-order valence-electron chi connectivity index (χ3n) is 7.68. The Bertz CT molecular complexity index is 2280. The molecule has 2 unspecified atom stereocenters. The van der Waals surface area contributed by atoms with Gasteiger partial charge in [0.05, 0.1) is 52.2 Å². The van der Waals surface area contributed by atoms with Crippen LogP contribution in [0.2, 0.25) is 0 Å². The number of nitro groups is 2. The first-order chi connectivity index (χ1) is 23.5. The van der Waals surface area contributed by atoms with Gasteiger partial charge in [0.15, 0.2) is 4.80 Å². The monoisotopic (exact) mass is 682 g/mol. The molecular weight excluding hydrogens is 660 g/mol. The number of hydrogen-bond acceptors (Lipinski definition) is 12. The molecule has 0 spiro atoms. The average molecular weight is 683 g/mol. The van der Waals surface area contributed by atoms with E-state index in [4.69, 9.17) is 13.9 Å². The first-order valence-electron chi connectivity index (χ1n) is 14.1. The number of carbonyl (C=O) groups excluding carboxylic acids is 1. The molecule has 49 heavy (non-hydrogen) atoms. The first-order valence-corrected chi connectivity index (χ1v) is 15.0. The van der Waals surface area contributed by atoms with Crippen molar-refractivity contribution in [3.8, 4) is 34.6 Å². The predicted octanol–water partition coefficient (Wildman–Crippen LogP) is 5.79. The number of methoxy groups -OCH3 is 2. The zero-order valence-electron chi connectivity index (χ0n) is 25.3. The number of furan rings is 1. The number of rotatable bonds is 9. The average Bonchev–Trinajstić information content (AvgIpc) is 3.72. The Labute approximate surface area is 279 Å². The molecule has 17 heteroatoms. The number of carboxylic acids is 1. The molecule has 0 saturated heterocycles. The van der Waals surface area contributed by atoms with E-state index in [1.807, 2.05) is 6.07 Å². The Morgan fingerprint density at radius 2 is 1.65 bits per heavy atom. The third-order valence-corrected chi connectivity index (χ3v) is 8.81. The van der Waals surface area contributed by atoms with Gasteiger partial charge in [-0.1, -0.05) is 23.5 Å². The smallest absolute Gasteiger partial charge is 0.335 e. The van der Waals surface area contributed by atoms with Gasteiger partial charge in [-0.3, -0.25) is 29.6 Å². The minimum atomic E-state index is -1.29. The number of nitro benzene ring substituents is 2. The number of hydrogen-bond donors (Lipinski definition) is 2. The van der Waals surface area contributed by atoms with Crippen LogP contribution in [0.25, 0.3) is 17.0 Å². The summed E-state index contributed by atoms with van der Waals surface area (Å²) >= 11 is 1.01. The van der Waals surface area contributed by atoms with Gasteiger partial charge in [0, 0.05) is 29.8 Å². The standard InChI is InChI=1S/C32H22N6O10S/c1-46-24-9-7-18(37(42)43)13-21(24)34-32-36(22-14-19(38(44)45)8-10-25(22)47-2)29-28(49-32)27(20(15-33)30(39)35-29)26-12-11-23(48-26)16-3-5-17(6-4-16)31(40)41/h3-14,20,27H,1-2H3,(H,35,39)(H,40,41). The lowest BCUT2D eigenvalue weighted by molar-refractivity contribution is -0.385. The highest BCUT2D eigenvalue weighted by molar-refractivity contribution is 7.10. The van der Waals surface area contributed by atoms with Crippen LogP contribution in [0, 0.1) is 37.5 Å². The Morgan fingerprint density at radius 3 is 2.27 bits per heavy atom. The molecular formula is C32H22N6O10S. The molecule has 2 atom stereocenters. The molecule has 2 aromatic heterocycles. The third kappa shape index (κ3) is 5.83. The largest absolute Gasteiger partial charge is 0.495 e. The molecule has 16 nitrogen and oxygen atoms in total. The maximum Gasteiger partial charge on any atom is 0.335 e. The van der Waals surface area contributed by atoms with Crippen molar-refractivity contribution in [3.05, 3.63) is 114 Å². The van der Waals surface area contributed by atoms with E-state index in [1.165, 1.54) is 67.3 Å². The number of nitriles is 1. The summed E-state index contributed by atoms with van der Waals surface area (Å²) in [5.74, 6) is -3.08. The molecule has 2 N–H and O–H groups in total. The van der Waals surface area contributed by atoms with Crippen LogP contribution >= 0.6 is 11.3 Å². The number of amides is 1. The van der Waals surface area contributed by atoms with Crippen molar-refractivity contribution in [2.24, 2.45) is 10.9 Å². The zero-order valence-corrected chi connectivity index (χ0v) is 26.2. The van der Waals surface area contributed by atoms with Crippen LogP contribution in [0.3, 0.4) is 0 Å². The van der Waals surface area contributed by atoms with Crippen molar-refractivity contribution in [1.82, 2.24) is 4.57 Å². The molecule has 3 heterocycles. The van der Waals surface area contributed by atoms with E-state index in [0.29, 0.717) is 16.2 Å². The van der Waals surface area contributed by atoms with Gasteiger partial charge in [-0.15, -0.1) is 0 Å². The van der Waals surface area contributed by atoms with Gasteiger partial charge in [0.25, 0.3) is 11.4 Å². The molecule has 5 aromatic rings. The van der Waals surface area contributed by atoms with Gasteiger partial charge in [-0.2, -0.15) is 5.26 Å². The van der Waals surface area contributed by atoms with Crippen LogP contribution in [-0.2, 0) is 4.79 Å². The first kappa shape index (κ1) is 32.2. The van der Waals surface area contributed by atoms with E-state index in [2.05, 4.69) is 10.3 Å². The number of ether oxygens (including phenoxy) is 2. The van der Waals surface area contributed by atoms with E-state index in [9.17, 15) is 40.2 Å². The molecule has 0 aliphatic carbocycles. The summed E-state index contributed by atoms with van der Waals surface area (Å²) in [6.45, 7) is 0. The molecule has 246 valence electrons. The molecule has 1 aliphatic rings. The van der Waals surface area contributed by atoms with Crippen LogP contribution in [-0.4, -0.2) is 45.6 Å². The molecule has 0 radical (unpaired) electrons. The number of thiazole rings is 1. The van der Waals surface area contributed by atoms with Gasteiger partial charge in [-0.05, 0) is 36.4 Å². The van der Waals surface area contributed by atoms with Crippen molar-refractivity contribution in [3.63, 3.8) is 0 Å². The molecule has 6 rings (SSSR count). The lowest BCUT2D eigenvalue weighted by Crippen LogP contribution is -2.33. The van der Waals surface area contributed by atoms with Crippen LogP contribution in [0.15, 0.2) is 82.2 Å². The summed E-state index contributed by atoms with van der Waals surface area (Å²) in [4.78, 5) is 52.2. The number of benzene rings is 3. The van der Waals surface area contributed by atoms with Gasteiger partial charge >= 0.3 is 5.97 Å². The minimum absolute atomic E-state index is 0.0400. The van der Waals surface area contributed by atoms with Crippen LogP contribution in [0.1, 0.15) is 26.9 Å². The van der Waals surface area contributed by atoms with E-state index in [1.54, 1.807) is 24.3 Å². The lowest BCUT2D eigenvalue weighted by atomic mass is 9.86. The fourth-order valence-corrected chi connectivity index (χ4v) is 6.59. The van der Waals surface area contributed by atoms with E-state index in [-0.39, 0.29) is 56.2 Å². The number of fused-ring (bicyclic) bond motifs is 1. The van der Waals surface area contributed by atoms with Crippen LogP contribution in [0.4, 0.5) is 22.9 Å². The van der Waals surface area contributed by atoms with Gasteiger partial charge in [-0.25, -0.2) is 9.79 Å². The van der Waals surface area contributed by atoms with Crippen molar-refractivity contribution < 1.29 is 38.4 Å². The van der Waals surface area contributed by atoms with Gasteiger partial charge < -0.3 is 24.3 Å². The van der Waals surface area contributed by atoms with E-state index in [0.717, 1.165) is 11.3 Å². The zero-order chi connectivity index (χ0) is 35.0. The van der Waals surface area contributed by atoms with Crippen LogP contribution < -0.4 is 19.6 Å². The summed E-state index contributed by atoms with van der Waals surface area (Å²) in [6, 6.07) is 18.8. The molecule has 0 saturated carbocycles. The second-order valence-electron chi connectivity index (χ2n) is 10.4. The molecule has 3 aromatic carbocycles. The summed E-state index contributed by atoms with van der Waals surface area (Å²) in [6.07, 6.45) is 0. The van der Waals surface area contributed by atoms with E-state index < -0.39 is 33.6 Å². The summed E-state index contributed by atoms with van der Waals surface area (Å²) in [5, 5.41) is 45.6. The van der Waals surface area contributed by atoms with Gasteiger partial charge in [0.2, 0.25) is 5.91 Å². The number of non-ortho nitro benzene ring substituents is 2. The fraction of sp³-hybridized carbons (Fsp3) is 0.125. The second kappa shape index (κ2) is 12.8.